The molecule has 0 N–H and O–H groups in total. The van der Waals surface area contributed by atoms with E-state index in [1.54, 1.807) is 0 Å². The van der Waals surface area contributed by atoms with Gasteiger partial charge in [-0.05, 0) is 39.3 Å². The molecule has 0 saturated heterocycles. The van der Waals surface area contributed by atoms with Gasteiger partial charge in [-0.15, -0.1) is 0 Å². The van der Waals surface area contributed by atoms with Crippen molar-refractivity contribution in [1.82, 2.24) is 14.7 Å². The molecule has 2 aromatic rings. The summed E-state index contributed by atoms with van der Waals surface area (Å²) in [5, 5.41) is 5.38. The monoisotopic (exact) mass is 347 g/mol. The molecule has 1 aliphatic rings. The Kier molecular flexibility index (Phi) is 5.16. The van der Waals surface area contributed by atoms with Crippen LogP contribution in [0.1, 0.15) is 42.8 Å². The lowest BCUT2D eigenvalue weighted by atomic mass is 10.1. The van der Waals surface area contributed by atoms with Crippen LogP contribution in [0.3, 0.4) is 0 Å². The van der Waals surface area contributed by atoms with Crippen molar-refractivity contribution in [2.75, 3.05) is 6.54 Å². The Bertz CT molecular complexity index is 726. The van der Waals surface area contributed by atoms with Crippen molar-refractivity contribution < 1.29 is 4.74 Å². The van der Waals surface area contributed by atoms with Gasteiger partial charge in [-0.2, -0.15) is 5.10 Å². The Morgan fingerprint density at radius 3 is 2.75 bits per heavy atom. The molecule has 1 aliphatic heterocycles. The molecule has 0 fully saturated rings. The first-order chi connectivity index (χ1) is 11.5. The number of benzene rings is 1. The zero-order chi connectivity index (χ0) is 17.3. The van der Waals surface area contributed by atoms with E-state index in [2.05, 4.69) is 48.4 Å². The molecule has 3 rings (SSSR count). The third-order valence-electron chi connectivity index (χ3n) is 4.85. The largest absolute Gasteiger partial charge is 0.489 e. The molecule has 1 aromatic carbocycles. The summed E-state index contributed by atoms with van der Waals surface area (Å²) >= 11 is 6.14. The van der Waals surface area contributed by atoms with Crippen LogP contribution in [0.4, 0.5) is 0 Å². The lowest BCUT2D eigenvalue weighted by Crippen LogP contribution is -2.32. The summed E-state index contributed by atoms with van der Waals surface area (Å²) in [5.41, 5.74) is 4.94. The predicted molar refractivity (Wildman–Crippen MR) is 97.6 cm³/mol. The fourth-order valence-corrected chi connectivity index (χ4v) is 3.57. The third-order valence-corrected chi connectivity index (χ3v) is 5.08. The number of aromatic nitrogens is 2. The van der Waals surface area contributed by atoms with Gasteiger partial charge in [0.15, 0.2) is 0 Å². The zero-order valence-corrected chi connectivity index (χ0v) is 15.7. The van der Waals surface area contributed by atoms with Gasteiger partial charge >= 0.3 is 0 Å². The van der Waals surface area contributed by atoms with Crippen LogP contribution in [0.25, 0.3) is 0 Å². The summed E-state index contributed by atoms with van der Waals surface area (Å²) in [4.78, 5) is 2.46. The van der Waals surface area contributed by atoms with E-state index in [0.29, 0.717) is 0 Å². The second-order valence-corrected chi connectivity index (χ2v) is 6.97. The quantitative estimate of drug-likeness (QED) is 0.823. The summed E-state index contributed by atoms with van der Waals surface area (Å²) in [7, 11) is 0. The number of hydrogen-bond donors (Lipinski definition) is 0. The van der Waals surface area contributed by atoms with E-state index >= 15 is 0 Å². The number of halogens is 1. The molecule has 4 nitrogen and oxygen atoms in total. The van der Waals surface area contributed by atoms with E-state index in [9.17, 15) is 0 Å². The highest BCUT2D eigenvalue weighted by Gasteiger charge is 2.24. The highest BCUT2D eigenvalue weighted by Crippen LogP contribution is 2.30. The normalized spacial score (nSPS) is 18.1. The van der Waals surface area contributed by atoms with Crippen LogP contribution >= 0.6 is 11.6 Å². The molecule has 2 heterocycles. The minimum Gasteiger partial charge on any atom is -0.489 e. The van der Waals surface area contributed by atoms with Gasteiger partial charge in [0.25, 0.3) is 0 Å². The lowest BCUT2D eigenvalue weighted by molar-refractivity contribution is 0.139. The summed E-state index contributed by atoms with van der Waals surface area (Å²) in [5.74, 6) is 0.926. The smallest absolute Gasteiger partial charge is 0.125 e. The van der Waals surface area contributed by atoms with Crippen molar-refractivity contribution >= 4 is 11.6 Å². The maximum atomic E-state index is 6.19. The lowest BCUT2D eigenvalue weighted by Gasteiger charge is -2.23. The molecule has 24 heavy (non-hydrogen) atoms. The van der Waals surface area contributed by atoms with Gasteiger partial charge in [0, 0.05) is 48.0 Å². The Labute approximate surface area is 149 Å². The molecular formula is C19H26ClN3O. The van der Waals surface area contributed by atoms with Gasteiger partial charge < -0.3 is 4.74 Å². The number of hydrogen-bond acceptors (Lipinski definition) is 3. The first kappa shape index (κ1) is 17.3. The molecule has 130 valence electrons. The maximum Gasteiger partial charge on any atom is 0.125 e. The number of rotatable bonds is 4. The van der Waals surface area contributed by atoms with Crippen LogP contribution in [-0.2, 0) is 19.6 Å². The fourth-order valence-electron chi connectivity index (χ4n) is 3.41. The highest BCUT2D eigenvalue weighted by atomic mass is 35.5. The van der Waals surface area contributed by atoms with Crippen LogP contribution in [0, 0.1) is 13.8 Å². The second-order valence-electron chi connectivity index (χ2n) is 6.53. The van der Waals surface area contributed by atoms with Gasteiger partial charge in [-0.25, -0.2) is 0 Å². The van der Waals surface area contributed by atoms with E-state index in [4.69, 9.17) is 16.3 Å². The second kappa shape index (κ2) is 7.16. The maximum absolute atomic E-state index is 6.19. The minimum absolute atomic E-state index is 0.187. The van der Waals surface area contributed by atoms with Crippen molar-refractivity contribution in [2.24, 2.45) is 0 Å². The molecule has 5 heteroatoms. The molecule has 0 bridgehead atoms. The van der Waals surface area contributed by atoms with Crippen molar-refractivity contribution in [3.63, 3.8) is 0 Å². The number of nitrogens with zero attached hydrogens (tertiary/aromatic N) is 3. The summed E-state index contributed by atoms with van der Waals surface area (Å²) in [6.45, 7) is 12.2. The average Bonchev–Trinajstić information content (AvgIpc) is 2.73. The van der Waals surface area contributed by atoms with Gasteiger partial charge in [-0.1, -0.05) is 24.6 Å². The van der Waals surface area contributed by atoms with Gasteiger partial charge in [0.1, 0.15) is 11.9 Å². The topological polar surface area (TPSA) is 30.3 Å². The van der Waals surface area contributed by atoms with Crippen molar-refractivity contribution in [1.29, 1.82) is 0 Å². The Balaban J connectivity index is 1.88. The summed E-state index contributed by atoms with van der Waals surface area (Å²) in [6.07, 6.45) is 1.17. The average molecular weight is 348 g/mol. The van der Waals surface area contributed by atoms with Gasteiger partial charge in [0.2, 0.25) is 0 Å². The molecule has 0 radical (unpaired) electrons. The molecule has 0 amide bonds. The fraction of sp³-hybridized carbons (Fsp3) is 0.526. The first-order valence-corrected chi connectivity index (χ1v) is 9.09. The van der Waals surface area contributed by atoms with Gasteiger partial charge in [-0.3, -0.25) is 9.58 Å². The Morgan fingerprint density at radius 2 is 2.08 bits per heavy atom. The molecule has 0 unspecified atom stereocenters. The van der Waals surface area contributed by atoms with E-state index < -0.39 is 0 Å². The van der Waals surface area contributed by atoms with Crippen LogP contribution in [0.5, 0.6) is 5.75 Å². The Hall–Kier alpha value is -1.52. The standard InChI is InChI=1S/C19H26ClN3O/c1-5-17-11-22(10-15-7-8-16(20)9-19(15)24-17)12-18-13(3)21-23(6-2)14(18)4/h7-9,17H,5-6,10-12H2,1-4H3/t17-/m1/s1. The van der Waals surface area contributed by atoms with Crippen LogP contribution in [0.2, 0.25) is 5.02 Å². The molecule has 1 atom stereocenters. The SMILES string of the molecule is CC[C@@H]1CN(Cc2c(C)nn(CC)c2C)Cc2ccc(Cl)cc2O1. The molecule has 0 saturated carbocycles. The first-order valence-electron chi connectivity index (χ1n) is 8.72. The van der Waals surface area contributed by atoms with Crippen LogP contribution < -0.4 is 4.74 Å². The molecular weight excluding hydrogens is 322 g/mol. The molecule has 0 aliphatic carbocycles. The summed E-state index contributed by atoms with van der Waals surface area (Å²) in [6, 6.07) is 5.96. The van der Waals surface area contributed by atoms with Crippen molar-refractivity contribution in [3.05, 3.63) is 45.7 Å². The summed E-state index contributed by atoms with van der Waals surface area (Å²) < 4.78 is 8.28. The molecule has 1 aromatic heterocycles. The Morgan fingerprint density at radius 1 is 1.29 bits per heavy atom. The number of aryl methyl sites for hydroxylation is 2. The van der Waals surface area contributed by atoms with Crippen molar-refractivity contribution in [3.8, 4) is 5.75 Å². The van der Waals surface area contributed by atoms with Gasteiger partial charge in [0.05, 0.1) is 5.69 Å². The van der Waals surface area contributed by atoms with Crippen molar-refractivity contribution in [2.45, 2.75) is 59.9 Å². The number of fused-ring (bicyclic) bond motifs is 1. The van der Waals surface area contributed by atoms with Crippen LogP contribution in [0.15, 0.2) is 18.2 Å². The van der Waals surface area contributed by atoms with E-state index in [0.717, 1.165) is 49.1 Å². The predicted octanol–water partition coefficient (Wildman–Crippen LogP) is 4.35. The van der Waals surface area contributed by atoms with E-state index in [1.165, 1.54) is 16.8 Å². The third kappa shape index (κ3) is 3.45. The van der Waals surface area contributed by atoms with Crippen LogP contribution in [-0.4, -0.2) is 27.3 Å². The van der Waals surface area contributed by atoms with E-state index in [1.807, 2.05) is 12.1 Å². The highest BCUT2D eigenvalue weighted by molar-refractivity contribution is 6.30. The number of ether oxygens (including phenoxy) is 1. The van der Waals surface area contributed by atoms with E-state index in [-0.39, 0.29) is 6.10 Å². The zero-order valence-electron chi connectivity index (χ0n) is 15.0. The minimum atomic E-state index is 0.187. The molecule has 0 spiro atoms.